The number of ketones is 1. The van der Waals surface area contributed by atoms with Gasteiger partial charge in [-0.1, -0.05) is 19.4 Å². The van der Waals surface area contributed by atoms with Gasteiger partial charge in [0.05, 0.1) is 12.7 Å². The summed E-state index contributed by atoms with van der Waals surface area (Å²) >= 11 is 0. The molecule has 2 unspecified atom stereocenters. The maximum absolute atomic E-state index is 12.3. The first-order chi connectivity index (χ1) is 11.3. The third-order valence-corrected chi connectivity index (χ3v) is 8.73. The molecule has 3 saturated carbocycles. The minimum Gasteiger partial charge on any atom is -0.395 e. The summed E-state index contributed by atoms with van der Waals surface area (Å²) < 4.78 is 0. The van der Waals surface area contributed by atoms with Crippen LogP contribution in [-0.4, -0.2) is 28.7 Å². The van der Waals surface area contributed by atoms with Gasteiger partial charge in [-0.15, -0.1) is 0 Å². The van der Waals surface area contributed by atoms with E-state index in [-0.39, 0.29) is 29.3 Å². The number of carbonyl (C=O) groups is 1. The van der Waals surface area contributed by atoms with Crippen LogP contribution in [0.1, 0.15) is 65.7 Å². The smallest absolute Gasteiger partial charge is 0.158 e. The van der Waals surface area contributed by atoms with Gasteiger partial charge in [-0.25, -0.2) is 0 Å². The van der Waals surface area contributed by atoms with Crippen molar-refractivity contribution in [2.24, 2.45) is 34.5 Å². The van der Waals surface area contributed by atoms with Gasteiger partial charge >= 0.3 is 0 Å². The molecule has 0 heterocycles. The molecule has 0 spiro atoms. The van der Waals surface area contributed by atoms with Crippen LogP contribution in [0.5, 0.6) is 0 Å². The lowest BCUT2D eigenvalue weighted by molar-refractivity contribution is -0.125. The number of hydrogen-bond acceptors (Lipinski definition) is 3. The Morgan fingerprint density at radius 2 is 1.92 bits per heavy atom. The molecule has 7 atom stereocenters. The van der Waals surface area contributed by atoms with Gasteiger partial charge in [0.2, 0.25) is 0 Å². The molecule has 0 saturated heterocycles. The number of fused-ring (bicyclic) bond motifs is 5. The molecular formula is C21H32O3. The molecule has 4 aliphatic carbocycles. The second kappa shape index (κ2) is 5.41. The average molecular weight is 332 g/mol. The van der Waals surface area contributed by atoms with Crippen molar-refractivity contribution in [3.05, 3.63) is 11.1 Å². The molecule has 2 N–H and O–H groups in total. The van der Waals surface area contributed by atoms with E-state index >= 15 is 0 Å². The lowest BCUT2D eigenvalue weighted by Crippen LogP contribution is -2.56. The Balaban J connectivity index is 1.79. The van der Waals surface area contributed by atoms with E-state index in [4.69, 9.17) is 0 Å². The van der Waals surface area contributed by atoms with Gasteiger partial charge in [0, 0.05) is 11.8 Å². The van der Waals surface area contributed by atoms with E-state index in [9.17, 15) is 15.0 Å². The van der Waals surface area contributed by atoms with Crippen LogP contribution in [-0.2, 0) is 4.79 Å². The molecule has 3 heteroatoms. The number of aliphatic hydroxyl groups is 2. The Kier molecular flexibility index (Phi) is 3.78. The zero-order valence-corrected chi connectivity index (χ0v) is 15.3. The van der Waals surface area contributed by atoms with Crippen LogP contribution in [0.4, 0.5) is 0 Å². The van der Waals surface area contributed by atoms with Crippen LogP contribution in [0.15, 0.2) is 11.1 Å². The van der Waals surface area contributed by atoms with Crippen molar-refractivity contribution in [2.75, 3.05) is 6.61 Å². The Morgan fingerprint density at radius 3 is 2.62 bits per heavy atom. The van der Waals surface area contributed by atoms with Crippen molar-refractivity contribution >= 4 is 5.78 Å². The van der Waals surface area contributed by atoms with Crippen LogP contribution >= 0.6 is 0 Å². The molecule has 0 bridgehead atoms. The molecule has 0 amide bonds. The lowest BCUT2D eigenvalue weighted by Gasteiger charge is -2.60. The zero-order valence-electron chi connectivity index (χ0n) is 15.3. The molecule has 0 radical (unpaired) electrons. The predicted molar refractivity (Wildman–Crippen MR) is 93.3 cm³/mol. The highest BCUT2D eigenvalue weighted by Gasteiger charge is 2.61. The van der Waals surface area contributed by atoms with E-state index in [1.165, 1.54) is 5.57 Å². The maximum atomic E-state index is 12.3. The summed E-state index contributed by atoms with van der Waals surface area (Å²) in [6.07, 6.45) is 6.44. The second-order valence-electron chi connectivity index (χ2n) is 9.45. The summed E-state index contributed by atoms with van der Waals surface area (Å²) in [6, 6.07) is 0. The number of hydrogen-bond donors (Lipinski definition) is 2. The van der Waals surface area contributed by atoms with Gasteiger partial charge in [-0.2, -0.15) is 0 Å². The molecule has 3 nitrogen and oxygen atoms in total. The summed E-state index contributed by atoms with van der Waals surface area (Å²) in [7, 11) is 0. The summed E-state index contributed by atoms with van der Waals surface area (Å²) in [5, 5.41) is 21.1. The largest absolute Gasteiger partial charge is 0.395 e. The second-order valence-corrected chi connectivity index (χ2v) is 9.45. The van der Waals surface area contributed by atoms with Crippen molar-refractivity contribution in [3.63, 3.8) is 0 Å². The third-order valence-electron chi connectivity index (χ3n) is 8.73. The maximum Gasteiger partial charge on any atom is 0.158 e. The summed E-state index contributed by atoms with van der Waals surface area (Å²) in [5.41, 5.74) is 2.12. The minimum atomic E-state index is -0.163. The Hall–Kier alpha value is -0.670. The predicted octanol–water partition coefficient (Wildman–Crippen LogP) is 3.49. The van der Waals surface area contributed by atoms with Gasteiger partial charge in [-0.3, -0.25) is 4.79 Å². The van der Waals surface area contributed by atoms with Crippen LogP contribution in [0, 0.1) is 34.5 Å². The molecule has 0 aromatic carbocycles. The zero-order chi connectivity index (χ0) is 17.3. The van der Waals surface area contributed by atoms with Crippen molar-refractivity contribution < 1.29 is 15.0 Å². The molecule has 0 aromatic rings. The summed E-state index contributed by atoms with van der Waals surface area (Å²) in [4.78, 5) is 12.3. The van der Waals surface area contributed by atoms with Crippen LogP contribution in [0.2, 0.25) is 0 Å². The number of rotatable bonds is 1. The fourth-order valence-corrected chi connectivity index (χ4v) is 7.34. The summed E-state index contributed by atoms with van der Waals surface area (Å²) in [6.45, 7) is 6.81. The standard InChI is InChI=1S/C21H32O3/c1-12-10-16-13(2)17(23)7-9-21(16,11-22)15-6-8-20(3)14(19(12)15)4-5-18(20)24/h12,14-15,18-19,22,24H,4-11H2,1-3H3/t12?,14-,15+,18?,19-,20-,21-/m0/s1. The molecule has 134 valence electrons. The molecule has 3 fully saturated rings. The quantitative estimate of drug-likeness (QED) is 0.773. The van der Waals surface area contributed by atoms with Crippen molar-refractivity contribution in [2.45, 2.75) is 71.8 Å². The topological polar surface area (TPSA) is 57.5 Å². The highest BCUT2D eigenvalue weighted by atomic mass is 16.3. The van der Waals surface area contributed by atoms with Crippen molar-refractivity contribution in [1.82, 2.24) is 0 Å². The van der Waals surface area contributed by atoms with Gasteiger partial charge in [0.15, 0.2) is 5.78 Å². The minimum absolute atomic E-state index is 0.0623. The van der Waals surface area contributed by atoms with E-state index in [2.05, 4.69) is 13.8 Å². The average Bonchev–Trinajstić information content (AvgIpc) is 2.87. The van der Waals surface area contributed by atoms with Gasteiger partial charge in [0.1, 0.15) is 0 Å². The highest BCUT2D eigenvalue weighted by Crippen LogP contribution is 2.66. The van der Waals surface area contributed by atoms with Crippen LogP contribution in [0.3, 0.4) is 0 Å². The monoisotopic (exact) mass is 332 g/mol. The molecule has 4 rings (SSSR count). The first-order valence-corrected chi connectivity index (χ1v) is 9.87. The highest BCUT2D eigenvalue weighted by molar-refractivity contribution is 5.96. The van der Waals surface area contributed by atoms with E-state index < -0.39 is 0 Å². The van der Waals surface area contributed by atoms with Gasteiger partial charge in [0.25, 0.3) is 0 Å². The lowest BCUT2D eigenvalue weighted by atomic mass is 9.44. The number of aliphatic hydroxyl groups excluding tert-OH is 2. The van der Waals surface area contributed by atoms with Crippen molar-refractivity contribution in [1.29, 1.82) is 0 Å². The third kappa shape index (κ3) is 1.94. The van der Waals surface area contributed by atoms with Crippen molar-refractivity contribution in [3.8, 4) is 0 Å². The fourth-order valence-electron chi connectivity index (χ4n) is 7.34. The number of carbonyl (C=O) groups excluding carboxylic acids is 1. The summed E-state index contributed by atoms with van der Waals surface area (Å²) in [5.74, 6) is 2.46. The van der Waals surface area contributed by atoms with E-state index in [1.807, 2.05) is 6.92 Å². The van der Waals surface area contributed by atoms with E-state index in [0.29, 0.717) is 30.1 Å². The van der Waals surface area contributed by atoms with E-state index in [0.717, 1.165) is 44.1 Å². The SMILES string of the molecule is CC1=C2CC(C)[C@@H]3[C@@H](CC[C@]4(C)C(O)CC[C@@H]34)[C@@]2(CO)CCC1=O. The fraction of sp³-hybridized carbons (Fsp3) is 0.857. The van der Waals surface area contributed by atoms with Crippen LogP contribution < -0.4 is 0 Å². The Labute approximate surface area is 145 Å². The Bertz CT molecular complexity index is 594. The first kappa shape index (κ1) is 16.8. The van der Waals surface area contributed by atoms with E-state index in [1.54, 1.807) is 0 Å². The van der Waals surface area contributed by atoms with Gasteiger partial charge in [-0.05, 0) is 80.1 Å². The molecule has 0 aromatic heterocycles. The molecule has 0 aliphatic heterocycles. The first-order valence-electron chi connectivity index (χ1n) is 9.87. The molecule has 4 aliphatic rings. The molecular weight excluding hydrogens is 300 g/mol. The van der Waals surface area contributed by atoms with Gasteiger partial charge < -0.3 is 10.2 Å². The van der Waals surface area contributed by atoms with Crippen LogP contribution in [0.25, 0.3) is 0 Å². The number of Topliss-reactive ketones (excluding diaryl/α,β-unsaturated/α-hetero) is 1. The Morgan fingerprint density at radius 1 is 1.17 bits per heavy atom. The molecule has 24 heavy (non-hydrogen) atoms. The normalized spacial score (nSPS) is 51.2.